The Balaban J connectivity index is 1.46. The van der Waals surface area contributed by atoms with Crippen LogP contribution in [0.15, 0.2) is 35.0 Å². The Bertz CT molecular complexity index is 933. The number of nitrogens with one attached hydrogen (secondary N) is 2. The van der Waals surface area contributed by atoms with Gasteiger partial charge in [0.1, 0.15) is 5.82 Å². The highest BCUT2D eigenvalue weighted by Crippen LogP contribution is 2.30. The molecule has 6 nitrogen and oxygen atoms in total. The second-order valence-corrected chi connectivity index (χ2v) is 8.11. The van der Waals surface area contributed by atoms with E-state index >= 15 is 0 Å². The lowest BCUT2D eigenvalue weighted by Crippen LogP contribution is -2.61. The first-order chi connectivity index (χ1) is 12.7. The SMILES string of the molecule is OC(Nc1cscc1Cl)c1ccc2ccc(N3C[C@@H]4CC[C@H]3CN4)nn12. The third-order valence-electron chi connectivity index (χ3n) is 5.35. The monoisotopic (exact) mass is 389 g/mol. The molecule has 8 heteroatoms. The Morgan fingerprint density at radius 2 is 2.15 bits per heavy atom. The van der Waals surface area contributed by atoms with E-state index < -0.39 is 6.23 Å². The van der Waals surface area contributed by atoms with Crippen LogP contribution in [0.3, 0.4) is 0 Å². The molecule has 136 valence electrons. The van der Waals surface area contributed by atoms with Gasteiger partial charge in [-0.2, -0.15) is 0 Å². The number of rotatable bonds is 4. The van der Waals surface area contributed by atoms with Gasteiger partial charge in [0.2, 0.25) is 0 Å². The number of anilines is 2. The highest BCUT2D eigenvalue weighted by atomic mass is 35.5. The molecule has 3 N–H and O–H groups in total. The first-order valence-electron chi connectivity index (χ1n) is 8.84. The topological polar surface area (TPSA) is 64.8 Å². The van der Waals surface area contributed by atoms with E-state index in [9.17, 15) is 5.11 Å². The lowest BCUT2D eigenvalue weighted by molar-refractivity contribution is 0.201. The maximum absolute atomic E-state index is 10.7. The summed E-state index contributed by atoms with van der Waals surface area (Å²) in [7, 11) is 0. The van der Waals surface area contributed by atoms with Crippen molar-refractivity contribution in [2.45, 2.75) is 31.2 Å². The number of aliphatic hydroxyl groups is 1. The number of piperidine rings is 2. The molecule has 3 saturated heterocycles. The number of aliphatic hydroxyl groups excluding tert-OH is 1. The van der Waals surface area contributed by atoms with Crippen molar-refractivity contribution in [1.82, 2.24) is 14.9 Å². The summed E-state index contributed by atoms with van der Waals surface area (Å²) < 4.78 is 1.82. The largest absolute Gasteiger partial charge is 0.368 e. The van der Waals surface area contributed by atoms with Gasteiger partial charge in [0.25, 0.3) is 0 Å². The van der Waals surface area contributed by atoms with Crippen LogP contribution in [0.25, 0.3) is 5.52 Å². The molecule has 0 amide bonds. The minimum atomic E-state index is -0.883. The average molecular weight is 390 g/mol. The van der Waals surface area contributed by atoms with E-state index in [-0.39, 0.29) is 0 Å². The van der Waals surface area contributed by atoms with Crippen LogP contribution in [0, 0.1) is 0 Å². The summed E-state index contributed by atoms with van der Waals surface area (Å²) in [5.74, 6) is 0.965. The quantitative estimate of drug-likeness (QED) is 0.598. The van der Waals surface area contributed by atoms with Crippen LogP contribution in [-0.4, -0.2) is 39.9 Å². The normalized spacial score (nSPS) is 23.5. The van der Waals surface area contributed by atoms with Crippen LogP contribution in [-0.2, 0) is 0 Å². The van der Waals surface area contributed by atoms with Crippen LogP contribution in [0.4, 0.5) is 11.5 Å². The van der Waals surface area contributed by atoms with Crippen molar-refractivity contribution in [3.05, 3.63) is 45.7 Å². The Hall–Kier alpha value is -1.80. The summed E-state index contributed by atoms with van der Waals surface area (Å²) in [6, 6.07) is 9.05. The van der Waals surface area contributed by atoms with E-state index in [1.54, 1.807) is 0 Å². The fraction of sp³-hybridized carbons (Fsp3) is 0.389. The molecule has 0 spiro atoms. The maximum Gasteiger partial charge on any atom is 0.168 e. The molecule has 3 fully saturated rings. The summed E-state index contributed by atoms with van der Waals surface area (Å²) >= 11 is 7.62. The first kappa shape index (κ1) is 16.4. The molecule has 3 aromatic heterocycles. The van der Waals surface area contributed by atoms with Gasteiger partial charge < -0.3 is 20.6 Å². The maximum atomic E-state index is 10.7. The zero-order valence-corrected chi connectivity index (χ0v) is 15.7. The Labute approximate surface area is 160 Å². The third kappa shape index (κ3) is 2.75. The number of nitrogens with zero attached hydrogens (tertiary/aromatic N) is 3. The van der Waals surface area contributed by atoms with Crippen molar-refractivity contribution in [2.24, 2.45) is 0 Å². The van der Waals surface area contributed by atoms with E-state index in [2.05, 4.69) is 27.7 Å². The number of aromatic nitrogens is 2. The lowest BCUT2D eigenvalue weighted by Gasteiger charge is -2.46. The number of fused-ring (bicyclic) bond motifs is 4. The predicted octanol–water partition coefficient (Wildman–Crippen LogP) is 3.09. The van der Waals surface area contributed by atoms with E-state index in [4.69, 9.17) is 16.7 Å². The van der Waals surface area contributed by atoms with Crippen LogP contribution < -0.4 is 15.5 Å². The van der Waals surface area contributed by atoms with Crippen LogP contribution in [0.1, 0.15) is 24.8 Å². The highest BCUT2D eigenvalue weighted by molar-refractivity contribution is 7.09. The van der Waals surface area contributed by atoms with Crippen molar-refractivity contribution >= 4 is 40.0 Å². The van der Waals surface area contributed by atoms with Crippen LogP contribution >= 0.6 is 22.9 Å². The number of thiophene rings is 1. The number of halogens is 1. The third-order valence-corrected chi connectivity index (χ3v) is 6.53. The molecule has 3 aliphatic heterocycles. The first-order valence-corrected chi connectivity index (χ1v) is 10.2. The summed E-state index contributed by atoms with van der Waals surface area (Å²) in [4.78, 5) is 2.39. The van der Waals surface area contributed by atoms with Gasteiger partial charge in [0.15, 0.2) is 6.23 Å². The lowest BCUT2D eigenvalue weighted by atomic mass is 9.93. The zero-order valence-electron chi connectivity index (χ0n) is 14.1. The molecule has 6 rings (SSSR count). The second kappa shape index (κ2) is 6.42. The van der Waals surface area contributed by atoms with Crippen molar-refractivity contribution < 1.29 is 5.11 Å². The van der Waals surface area contributed by atoms with E-state index in [0.717, 1.165) is 30.1 Å². The molecule has 3 atom stereocenters. The van der Waals surface area contributed by atoms with Gasteiger partial charge in [0, 0.05) is 35.9 Å². The van der Waals surface area contributed by atoms with Crippen molar-refractivity contribution in [2.75, 3.05) is 23.3 Å². The smallest absolute Gasteiger partial charge is 0.168 e. The Morgan fingerprint density at radius 1 is 1.27 bits per heavy atom. The molecular weight excluding hydrogens is 370 g/mol. The Kier molecular flexibility index (Phi) is 4.04. The molecule has 0 aromatic carbocycles. The molecule has 26 heavy (non-hydrogen) atoms. The molecule has 3 aliphatic rings. The molecule has 1 unspecified atom stereocenters. The molecule has 0 aliphatic carbocycles. The zero-order chi connectivity index (χ0) is 17.7. The van der Waals surface area contributed by atoms with E-state index in [0.29, 0.717) is 22.8 Å². The molecule has 0 radical (unpaired) electrons. The summed E-state index contributed by atoms with van der Waals surface area (Å²) in [5.41, 5.74) is 2.39. The average Bonchev–Trinajstić information content (AvgIpc) is 3.28. The molecule has 2 bridgehead atoms. The van der Waals surface area contributed by atoms with Gasteiger partial charge in [-0.1, -0.05) is 11.6 Å². The van der Waals surface area contributed by atoms with E-state index in [1.807, 2.05) is 27.4 Å². The molecule has 6 heterocycles. The van der Waals surface area contributed by atoms with E-state index in [1.165, 1.54) is 24.2 Å². The van der Waals surface area contributed by atoms with Gasteiger partial charge in [-0.15, -0.1) is 16.4 Å². The van der Waals surface area contributed by atoms with Crippen LogP contribution in [0.5, 0.6) is 0 Å². The predicted molar refractivity (Wildman–Crippen MR) is 105 cm³/mol. The fourth-order valence-corrected chi connectivity index (χ4v) is 4.93. The van der Waals surface area contributed by atoms with Gasteiger partial charge in [-0.05, 0) is 37.1 Å². The second-order valence-electron chi connectivity index (χ2n) is 6.96. The van der Waals surface area contributed by atoms with Gasteiger partial charge in [-0.25, -0.2) is 4.52 Å². The standard InChI is InChI=1S/C18H20ClN5OS/c19-14-9-26-10-15(14)21-18(25)16-5-3-12-4-6-17(22-24(12)16)23-8-11-1-2-13(23)7-20-11/h3-6,9-11,13,18,20-21,25H,1-2,7-8H2/t11-,13-,18?/m0/s1. The molecule has 3 aromatic rings. The summed E-state index contributed by atoms with van der Waals surface area (Å²) in [6.45, 7) is 2.01. The van der Waals surface area contributed by atoms with Crippen LogP contribution in [0.2, 0.25) is 5.02 Å². The summed E-state index contributed by atoms with van der Waals surface area (Å²) in [6.07, 6.45) is 1.56. The minimum Gasteiger partial charge on any atom is -0.368 e. The number of hydrogen-bond acceptors (Lipinski definition) is 6. The highest BCUT2D eigenvalue weighted by Gasteiger charge is 2.34. The Morgan fingerprint density at radius 3 is 2.85 bits per heavy atom. The van der Waals surface area contributed by atoms with Crippen molar-refractivity contribution in [1.29, 1.82) is 0 Å². The van der Waals surface area contributed by atoms with Gasteiger partial charge >= 0.3 is 0 Å². The van der Waals surface area contributed by atoms with Crippen molar-refractivity contribution in [3.63, 3.8) is 0 Å². The van der Waals surface area contributed by atoms with Gasteiger partial charge in [-0.3, -0.25) is 0 Å². The van der Waals surface area contributed by atoms with Gasteiger partial charge in [0.05, 0.1) is 21.9 Å². The fourth-order valence-electron chi connectivity index (χ4n) is 3.95. The molecule has 0 saturated carbocycles. The van der Waals surface area contributed by atoms with Crippen molar-refractivity contribution in [3.8, 4) is 0 Å². The summed E-state index contributed by atoms with van der Waals surface area (Å²) in [5, 5.41) is 26.5. The molecular formula is C18H20ClN5OS. The number of hydrogen-bond donors (Lipinski definition) is 3. The minimum absolute atomic E-state index is 0.497. The number of piperazine rings is 1.